The molecule has 3 rings (SSSR count). The van der Waals surface area contributed by atoms with Gasteiger partial charge in [-0.25, -0.2) is 0 Å². The molecule has 27 heavy (non-hydrogen) atoms. The maximum Gasteiger partial charge on any atom is 0.139 e. The molecule has 0 spiro atoms. The average molecular weight is 363 g/mol. The van der Waals surface area contributed by atoms with Crippen molar-refractivity contribution in [1.29, 1.82) is 0 Å². The van der Waals surface area contributed by atoms with Gasteiger partial charge in [0.1, 0.15) is 11.6 Å². The standard InChI is InChI=1S/C23H25NO3/c1-15(25)20-19(24-18-12-8-5-9-13-18)14-23(3,27)22(16(2)26)21(20)17-10-6-4-7-11-17/h4-14,20-22,24,27H,1-3H3/t20-,21+,22-,23-/m0/s1. The minimum Gasteiger partial charge on any atom is -0.385 e. The first-order valence-electron chi connectivity index (χ1n) is 9.14. The van der Waals surface area contributed by atoms with Crippen molar-refractivity contribution in [2.24, 2.45) is 11.8 Å². The van der Waals surface area contributed by atoms with Gasteiger partial charge in [-0.2, -0.15) is 0 Å². The fraction of sp³-hybridized carbons (Fsp3) is 0.304. The van der Waals surface area contributed by atoms with E-state index in [9.17, 15) is 14.7 Å². The van der Waals surface area contributed by atoms with Crippen molar-refractivity contribution in [2.75, 3.05) is 5.32 Å². The topological polar surface area (TPSA) is 66.4 Å². The van der Waals surface area contributed by atoms with E-state index in [1.165, 1.54) is 6.92 Å². The van der Waals surface area contributed by atoms with E-state index >= 15 is 0 Å². The van der Waals surface area contributed by atoms with E-state index in [0.717, 1.165) is 11.3 Å². The smallest absolute Gasteiger partial charge is 0.139 e. The Balaban J connectivity index is 2.15. The van der Waals surface area contributed by atoms with E-state index in [4.69, 9.17) is 0 Å². The number of para-hydroxylation sites is 1. The lowest BCUT2D eigenvalue weighted by molar-refractivity contribution is -0.131. The predicted octanol–water partition coefficient (Wildman–Crippen LogP) is 3.94. The first-order valence-corrected chi connectivity index (χ1v) is 9.14. The number of rotatable bonds is 5. The lowest BCUT2D eigenvalue weighted by Crippen LogP contribution is -2.49. The molecule has 0 aromatic heterocycles. The SMILES string of the molecule is CC(=O)[C@H]1C(Nc2ccccc2)=C[C@](C)(O)[C@@H](C(C)=O)[C@@H]1c1ccccc1. The third kappa shape index (κ3) is 3.86. The Labute approximate surface area is 159 Å². The maximum atomic E-state index is 12.7. The molecule has 140 valence electrons. The molecule has 0 fully saturated rings. The lowest BCUT2D eigenvalue weighted by atomic mass is 9.62. The van der Waals surface area contributed by atoms with E-state index in [1.807, 2.05) is 60.7 Å². The molecule has 2 N–H and O–H groups in total. The van der Waals surface area contributed by atoms with E-state index in [0.29, 0.717) is 5.70 Å². The summed E-state index contributed by atoms with van der Waals surface area (Å²) >= 11 is 0. The van der Waals surface area contributed by atoms with Gasteiger partial charge in [-0.1, -0.05) is 48.5 Å². The van der Waals surface area contributed by atoms with E-state index < -0.39 is 23.4 Å². The van der Waals surface area contributed by atoms with Gasteiger partial charge in [-0.15, -0.1) is 0 Å². The Morgan fingerprint density at radius 2 is 1.48 bits per heavy atom. The van der Waals surface area contributed by atoms with Crippen LogP contribution >= 0.6 is 0 Å². The van der Waals surface area contributed by atoms with Crippen molar-refractivity contribution in [3.63, 3.8) is 0 Å². The van der Waals surface area contributed by atoms with Gasteiger partial charge in [0, 0.05) is 17.3 Å². The molecule has 0 unspecified atom stereocenters. The Bertz CT molecular complexity index is 856. The average Bonchev–Trinajstić information content (AvgIpc) is 2.61. The Morgan fingerprint density at radius 1 is 0.926 bits per heavy atom. The first-order chi connectivity index (χ1) is 12.8. The molecule has 1 aliphatic carbocycles. The second-order valence-corrected chi connectivity index (χ2v) is 7.43. The zero-order valence-electron chi connectivity index (χ0n) is 15.8. The largest absolute Gasteiger partial charge is 0.385 e. The minimum atomic E-state index is -1.37. The fourth-order valence-corrected chi connectivity index (χ4v) is 4.24. The highest BCUT2D eigenvalue weighted by Gasteiger charge is 2.50. The van der Waals surface area contributed by atoms with Crippen LogP contribution < -0.4 is 5.32 Å². The van der Waals surface area contributed by atoms with Gasteiger partial charge in [0.05, 0.1) is 17.4 Å². The molecule has 0 saturated heterocycles. The zero-order chi connectivity index (χ0) is 19.6. The molecule has 2 aromatic rings. The highest BCUT2D eigenvalue weighted by atomic mass is 16.3. The van der Waals surface area contributed by atoms with Gasteiger partial charge in [0.15, 0.2) is 0 Å². The van der Waals surface area contributed by atoms with E-state index in [-0.39, 0.29) is 11.6 Å². The predicted molar refractivity (Wildman–Crippen MR) is 106 cm³/mol. The minimum absolute atomic E-state index is 0.0414. The van der Waals surface area contributed by atoms with Gasteiger partial charge < -0.3 is 10.4 Å². The summed E-state index contributed by atoms with van der Waals surface area (Å²) in [5.74, 6) is -1.85. The van der Waals surface area contributed by atoms with Crippen LogP contribution in [0.2, 0.25) is 0 Å². The number of Topliss-reactive ketones (excluding diaryl/α,β-unsaturated/α-hetero) is 2. The monoisotopic (exact) mass is 363 g/mol. The van der Waals surface area contributed by atoms with Gasteiger partial charge in [-0.3, -0.25) is 9.59 Å². The number of carbonyl (C=O) groups excluding carboxylic acids is 2. The lowest BCUT2D eigenvalue weighted by Gasteiger charge is -2.44. The highest BCUT2D eigenvalue weighted by molar-refractivity contribution is 5.88. The Kier molecular flexibility index (Phi) is 5.29. The van der Waals surface area contributed by atoms with Crippen LogP contribution in [-0.2, 0) is 9.59 Å². The van der Waals surface area contributed by atoms with Crippen LogP contribution in [0.4, 0.5) is 5.69 Å². The van der Waals surface area contributed by atoms with E-state index in [1.54, 1.807) is 19.9 Å². The van der Waals surface area contributed by atoms with Gasteiger partial charge >= 0.3 is 0 Å². The number of anilines is 1. The Hall–Kier alpha value is -2.72. The molecule has 4 nitrogen and oxygen atoms in total. The molecule has 0 bridgehead atoms. The summed E-state index contributed by atoms with van der Waals surface area (Å²) < 4.78 is 0. The zero-order valence-corrected chi connectivity index (χ0v) is 15.8. The Morgan fingerprint density at radius 3 is 2.00 bits per heavy atom. The van der Waals surface area contributed by atoms with Crippen LogP contribution in [0.1, 0.15) is 32.3 Å². The van der Waals surface area contributed by atoms with Crippen LogP contribution in [-0.4, -0.2) is 22.3 Å². The number of ketones is 2. The molecule has 0 amide bonds. The molecule has 4 heteroatoms. The number of nitrogens with one attached hydrogen (secondary N) is 1. The second kappa shape index (κ2) is 7.49. The van der Waals surface area contributed by atoms with E-state index in [2.05, 4.69) is 5.32 Å². The second-order valence-electron chi connectivity index (χ2n) is 7.43. The molecule has 2 aromatic carbocycles. The molecule has 0 aliphatic heterocycles. The first kappa shape index (κ1) is 19.1. The summed E-state index contributed by atoms with van der Waals surface area (Å²) in [5, 5.41) is 14.4. The van der Waals surface area contributed by atoms with Crippen LogP contribution in [0.3, 0.4) is 0 Å². The molecule has 4 atom stereocenters. The quantitative estimate of drug-likeness (QED) is 0.844. The third-order valence-corrected chi connectivity index (χ3v) is 5.25. The van der Waals surface area contributed by atoms with Crippen LogP contribution in [0.25, 0.3) is 0 Å². The van der Waals surface area contributed by atoms with Crippen molar-refractivity contribution in [3.05, 3.63) is 78.0 Å². The summed E-state index contributed by atoms with van der Waals surface area (Å²) in [5.41, 5.74) is 0.970. The molecular weight excluding hydrogens is 338 g/mol. The molecule has 1 aliphatic rings. The van der Waals surface area contributed by atoms with Crippen LogP contribution in [0.15, 0.2) is 72.4 Å². The van der Waals surface area contributed by atoms with Crippen molar-refractivity contribution in [3.8, 4) is 0 Å². The summed E-state index contributed by atoms with van der Waals surface area (Å²) in [7, 11) is 0. The number of aliphatic hydroxyl groups is 1. The molecule has 0 radical (unpaired) electrons. The van der Waals surface area contributed by atoms with Crippen molar-refractivity contribution < 1.29 is 14.7 Å². The summed E-state index contributed by atoms with van der Waals surface area (Å²) in [6, 6.07) is 19.0. The normalized spacial score (nSPS) is 27.6. The van der Waals surface area contributed by atoms with Gasteiger partial charge in [0.25, 0.3) is 0 Å². The summed E-state index contributed by atoms with van der Waals surface area (Å²) in [6.07, 6.45) is 1.64. The van der Waals surface area contributed by atoms with Crippen molar-refractivity contribution in [1.82, 2.24) is 0 Å². The summed E-state index contributed by atoms with van der Waals surface area (Å²) in [6.45, 7) is 4.66. The molecular formula is C23H25NO3. The van der Waals surface area contributed by atoms with Crippen molar-refractivity contribution >= 4 is 17.3 Å². The summed E-state index contributed by atoms with van der Waals surface area (Å²) in [4.78, 5) is 25.2. The molecule has 0 saturated carbocycles. The number of benzene rings is 2. The number of hydrogen-bond donors (Lipinski definition) is 2. The number of hydrogen-bond acceptors (Lipinski definition) is 4. The van der Waals surface area contributed by atoms with Crippen LogP contribution in [0, 0.1) is 11.8 Å². The van der Waals surface area contributed by atoms with Gasteiger partial charge in [-0.05, 0) is 44.5 Å². The third-order valence-electron chi connectivity index (χ3n) is 5.25. The number of allylic oxidation sites excluding steroid dienone is 1. The van der Waals surface area contributed by atoms with Gasteiger partial charge in [0.2, 0.25) is 0 Å². The highest BCUT2D eigenvalue weighted by Crippen LogP contribution is 2.47. The van der Waals surface area contributed by atoms with Crippen molar-refractivity contribution in [2.45, 2.75) is 32.3 Å². The molecule has 0 heterocycles. The van der Waals surface area contributed by atoms with Crippen LogP contribution in [0.5, 0.6) is 0 Å². The maximum absolute atomic E-state index is 12.7. The number of carbonyl (C=O) groups is 2. The fourth-order valence-electron chi connectivity index (χ4n) is 4.24.